The van der Waals surface area contributed by atoms with Crippen LogP contribution in [0.15, 0.2) is 54.6 Å². The molecule has 5 heteroatoms. The molecule has 5 nitrogen and oxygen atoms in total. The molecule has 1 aliphatic rings. The van der Waals surface area contributed by atoms with Gasteiger partial charge in [0.2, 0.25) is 11.8 Å². The van der Waals surface area contributed by atoms with Crippen LogP contribution in [0.1, 0.15) is 33.6 Å². The number of carbonyl (C=O) groups excluding carboxylic acids is 2. The molecule has 2 amide bonds. The van der Waals surface area contributed by atoms with Crippen LogP contribution in [0.5, 0.6) is 0 Å². The molecule has 0 aliphatic carbocycles. The zero-order valence-corrected chi connectivity index (χ0v) is 16.9. The average Bonchev–Trinajstić information content (AvgIpc) is 3.24. The Morgan fingerprint density at radius 3 is 2.18 bits per heavy atom. The summed E-state index contributed by atoms with van der Waals surface area (Å²) in [5, 5.41) is 2.91. The first-order chi connectivity index (χ1) is 13.4. The van der Waals surface area contributed by atoms with Gasteiger partial charge in [0.05, 0.1) is 0 Å². The highest BCUT2D eigenvalue weighted by atomic mass is 16.2. The van der Waals surface area contributed by atoms with Crippen molar-refractivity contribution in [2.75, 3.05) is 34.8 Å². The van der Waals surface area contributed by atoms with Crippen molar-refractivity contribution in [3.63, 3.8) is 0 Å². The van der Waals surface area contributed by atoms with E-state index in [0.717, 1.165) is 18.8 Å². The maximum absolute atomic E-state index is 13.1. The van der Waals surface area contributed by atoms with Crippen LogP contribution < -0.4 is 15.1 Å². The zero-order valence-electron chi connectivity index (χ0n) is 16.9. The Morgan fingerprint density at radius 1 is 1.00 bits per heavy atom. The van der Waals surface area contributed by atoms with Crippen molar-refractivity contribution < 1.29 is 9.59 Å². The van der Waals surface area contributed by atoms with Gasteiger partial charge in [-0.15, -0.1) is 0 Å². The van der Waals surface area contributed by atoms with Crippen LogP contribution in [-0.4, -0.2) is 31.4 Å². The molecular weight excluding hydrogens is 350 g/mol. The maximum atomic E-state index is 13.1. The minimum atomic E-state index is -1.18. The second kappa shape index (κ2) is 8.46. The van der Waals surface area contributed by atoms with Crippen molar-refractivity contribution in [1.29, 1.82) is 0 Å². The van der Waals surface area contributed by atoms with Gasteiger partial charge < -0.3 is 15.1 Å². The third-order valence-electron chi connectivity index (χ3n) is 5.33. The maximum Gasteiger partial charge on any atom is 0.242 e. The van der Waals surface area contributed by atoms with Crippen LogP contribution in [0.3, 0.4) is 0 Å². The Hall–Kier alpha value is -2.82. The number of nitrogens with zero attached hydrogens (tertiary/aromatic N) is 2. The van der Waals surface area contributed by atoms with Gasteiger partial charge in [0.15, 0.2) is 0 Å². The van der Waals surface area contributed by atoms with Gasteiger partial charge in [-0.05, 0) is 70.0 Å². The van der Waals surface area contributed by atoms with Crippen molar-refractivity contribution >= 4 is 28.9 Å². The molecule has 3 rings (SSSR count). The summed E-state index contributed by atoms with van der Waals surface area (Å²) >= 11 is 0. The fraction of sp³-hybridized carbons (Fsp3) is 0.391. The molecule has 1 aliphatic heterocycles. The highest BCUT2D eigenvalue weighted by Gasteiger charge is 2.39. The third-order valence-corrected chi connectivity index (χ3v) is 5.33. The van der Waals surface area contributed by atoms with Gasteiger partial charge >= 0.3 is 0 Å². The highest BCUT2D eigenvalue weighted by Crippen LogP contribution is 2.27. The molecule has 0 radical (unpaired) electrons. The average molecular weight is 380 g/mol. The Labute approximate surface area is 167 Å². The summed E-state index contributed by atoms with van der Waals surface area (Å²) in [7, 11) is 0. The smallest absolute Gasteiger partial charge is 0.242 e. The van der Waals surface area contributed by atoms with Crippen molar-refractivity contribution in [3.05, 3.63) is 54.6 Å². The SMILES string of the molecule is CCN(C(=O)C(C)(C)C(=O)Nc1ccc(N2CCCC2)cc1)c1ccccc1. The van der Waals surface area contributed by atoms with E-state index in [2.05, 4.69) is 10.2 Å². The Balaban J connectivity index is 1.70. The molecule has 0 atom stereocenters. The normalized spacial score (nSPS) is 14.0. The number of hydrogen-bond acceptors (Lipinski definition) is 3. The Kier molecular flexibility index (Phi) is 6.02. The number of amides is 2. The van der Waals surface area contributed by atoms with E-state index in [1.54, 1.807) is 18.7 Å². The molecule has 1 N–H and O–H groups in total. The molecule has 0 spiro atoms. The van der Waals surface area contributed by atoms with Crippen LogP contribution in [0.4, 0.5) is 17.1 Å². The number of para-hydroxylation sites is 1. The van der Waals surface area contributed by atoms with E-state index in [1.807, 2.05) is 61.5 Å². The van der Waals surface area contributed by atoms with Crippen molar-refractivity contribution in [1.82, 2.24) is 0 Å². The monoisotopic (exact) mass is 379 g/mol. The quantitative estimate of drug-likeness (QED) is 0.761. The second-order valence-electron chi connectivity index (χ2n) is 7.71. The molecule has 0 unspecified atom stereocenters. The molecule has 2 aromatic rings. The van der Waals surface area contributed by atoms with E-state index in [1.165, 1.54) is 18.5 Å². The number of carbonyl (C=O) groups is 2. The Morgan fingerprint density at radius 2 is 1.61 bits per heavy atom. The number of hydrogen-bond donors (Lipinski definition) is 1. The lowest BCUT2D eigenvalue weighted by Gasteiger charge is -2.30. The predicted molar refractivity (Wildman–Crippen MR) is 115 cm³/mol. The summed E-state index contributed by atoms with van der Waals surface area (Å²) in [6.45, 7) is 7.93. The predicted octanol–water partition coefficient (Wildman–Crippen LogP) is 4.30. The molecule has 1 fully saturated rings. The van der Waals surface area contributed by atoms with Gasteiger partial charge in [-0.3, -0.25) is 9.59 Å². The summed E-state index contributed by atoms with van der Waals surface area (Å²) in [4.78, 5) is 30.0. The van der Waals surface area contributed by atoms with Gasteiger partial charge in [-0.25, -0.2) is 0 Å². The molecule has 1 heterocycles. The van der Waals surface area contributed by atoms with Crippen LogP contribution >= 0.6 is 0 Å². The van der Waals surface area contributed by atoms with Gasteiger partial charge in [-0.1, -0.05) is 18.2 Å². The Bertz CT molecular complexity index is 810. The second-order valence-corrected chi connectivity index (χ2v) is 7.71. The zero-order chi connectivity index (χ0) is 20.1. The van der Waals surface area contributed by atoms with Crippen LogP contribution in [0.25, 0.3) is 0 Å². The molecule has 148 valence electrons. The summed E-state index contributed by atoms with van der Waals surface area (Å²) in [6.07, 6.45) is 2.45. The number of anilines is 3. The first-order valence-corrected chi connectivity index (χ1v) is 9.97. The third kappa shape index (κ3) is 4.19. The molecular formula is C23H29N3O2. The van der Waals surface area contributed by atoms with E-state index in [9.17, 15) is 9.59 Å². The summed E-state index contributed by atoms with van der Waals surface area (Å²) in [6, 6.07) is 17.3. The summed E-state index contributed by atoms with van der Waals surface area (Å²) in [5.74, 6) is -0.520. The standard InChI is InChI=1S/C23H29N3O2/c1-4-26(20-10-6-5-7-11-20)22(28)23(2,3)21(27)24-18-12-14-19(15-13-18)25-16-8-9-17-25/h5-7,10-15H,4,8-9,16-17H2,1-3H3,(H,24,27). The van der Waals surface area contributed by atoms with Gasteiger partial charge in [0.25, 0.3) is 0 Å². The largest absolute Gasteiger partial charge is 0.372 e. The van der Waals surface area contributed by atoms with E-state index in [0.29, 0.717) is 12.2 Å². The van der Waals surface area contributed by atoms with Crippen LogP contribution in [-0.2, 0) is 9.59 Å². The van der Waals surface area contributed by atoms with E-state index < -0.39 is 5.41 Å². The van der Waals surface area contributed by atoms with E-state index >= 15 is 0 Å². The molecule has 2 aromatic carbocycles. The van der Waals surface area contributed by atoms with Gasteiger partial charge in [-0.2, -0.15) is 0 Å². The lowest BCUT2D eigenvalue weighted by Crippen LogP contribution is -2.47. The van der Waals surface area contributed by atoms with Crippen molar-refractivity contribution in [2.24, 2.45) is 5.41 Å². The number of nitrogens with one attached hydrogen (secondary N) is 1. The van der Waals surface area contributed by atoms with Crippen LogP contribution in [0, 0.1) is 5.41 Å². The topological polar surface area (TPSA) is 52.7 Å². The minimum Gasteiger partial charge on any atom is -0.372 e. The molecule has 0 aromatic heterocycles. The molecule has 0 saturated carbocycles. The first-order valence-electron chi connectivity index (χ1n) is 9.97. The van der Waals surface area contributed by atoms with E-state index in [4.69, 9.17) is 0 Å². The summed E-state index contributed by atoms with van der Waals surface area (Å²) < 4.78 is 0. The molecule has 0 bridgehead atoms. The van der Waals surface area contributed by atoms with Crippen LogP contribution in [0.2, 0.25) is 0 Å². The van der Waals surface area contributed by atoms with Gasteiger partial charge in [0.1, 0.15) is 5.41 Å². The lowest BCUT2D eigenvalue weighted by atomic mass is 9.89. The first kappa shape index (κ1) is 19.9. The molecule has 1 saturated heterocycles. The van der Waals surface area contributed by atoms with Crippen molar-refractivity contribution in [3.8, 4) is 0 Å². The fourth-order valence-corrected chi connectivity index (χ4v) is 3.50. The van der Waals surface area contributed by atoms with Gasteiger partial charge in [0, 0.05) is 36.7 Å². The highest BCUT2D eigenvalue weighted by molar-refractivity contribution is 6.14. The van der Waals surface area contributed by atoms with E-state index in [-0.39, 0.29) is 11.8 Å². The number of rotatable bonds is 6. The lowest BCUT2D eigenvalue weighted by molar-refractivity contribution is -0.136. The number of benzene rings is 2. The molecule has 28 heavy (non-hydrogen) atoms. The summed E-state index contributed by atoms with van der Waals surface area (Å²) in [5.41, 5.74) is 1.49. The van der Waals surface area contributed by atoms with Crippen molar-refractivity contribution in [2.45, 2.75) is 33.6 Å². The minimum absolute atomic E-state index is 0.215. The fourth-order valence-electron chi connectivity index (χ4n) is 3.50.